The van der Waals surface area contributed by atoms with Gasteiger partial charge in [0.25, 0.3) is 5.91 Å². The Bertz CT molecular complexity index is 771. The molecule has 1 aromatic carbocycles. The van der Waals surface area contributed by atoms with Gasteiger partial charge in [-0.1, -0.05) is 12.1 Å². The Morgan fingerprint density at radius 1 is 1.08 bits per heavy atom. The lowest BCUT2D eigenvalue weighted by molar-refractivity contribution is -0.140. The minimum Gasteiger partial charge on any atom is -0.459 e. The lowest BCUT2D eigenvalue weighted by Crippen LogP contribution is -2.41. The molecule has 25 heavy (non-hydrogen) atoms. The molecular weight excluding hydrogens is 318 g/mol. The van der Waals surface area contributed by atoms with Crippen molar-refractivity contribution in [2.45, 2.75) is 33.6 Å². The van der Waals surface area contributed by atoms with E-state index >= 15 is 0 Å². The van der Waals surface area contributed by atoms with Crippen LogP contribution in [0.5, 0.6) is 5.75 Å². The third-order valence-electron chi connectivity index (χ3n) is 4.92. The van der Waals surface area contributed by atoms with Crippen molar-refractivity contribution in [3.05, 3.63) is 53.0 Å². The van der Waals surface area contributed by atoms with E-state index in [9.17, 15) is 9.59 Å². The summed E-state index contributed by atoms with van der Waals surface area (Å²) in [4.78, 5) is 26.5. The largest absolute Gasteiger partial charge is 0.459 e. The smallest absolute Gasteiger partial charge is 0.314 e. The maximum Gasteiger partial charge on any atom is 0.314 e. The van der Waals surface area contributed by atoms with Gasteiger partial charge in [-0.15, -0.1) is 0 Å². The van der Waals surface area contributed by atoms with E-state index in [1.807, 2.05) is 32.9 Å². The number of piperidine rings is 1. The maximum absolute atomic E-state index is 12.5. The van der Waals surface area contributed by atoms with Crippen molar-refractivity contribution in [3.8, 4) is 5.75 Å². The Balaban J connectivity index is 1.61. The molecule has 0 aliphatic carbocycles. The molecule has 0 radical (unpaired) electrons. The lowest BCUT2D eigenvalue weighted by Gasteiger charge is -2.30. The van der Waals surface area contributed by atoms with Crippen LogP contribution in [0.1, 0.15) is 40.1 Å². The molecule has 1 aromatic heterocycles. The number of likely N-dealkylation sites (tertiary alicyclic amines) is 1. The van der Waals surface area contributed by atoms with Gasteiger partial charge >= 0.3 is 5.97 Å². The Hall–Kier alpha value is -2.56. The summed E-state index contributed by atoms with van der Waals surface area (Å²) in [6.07, 6.45) is 2.70. The van der Waals surface area contributed by atoms with Crippen LogP contribution >= 0.6 is 0 Å². The molecule has 0 saturated carbocycles. The van der Waals surface area contributed by atoms with Crippen LogP contribution in [0.2, 0.25) is 0 Å². The van der Waals surface area contributed by atoms with Crippen LogP contribution < -0.4 is 4.74 Å². The van der Waals surface area contributed by atoms with E-state index in [4.69, 9.17) is 9.15 Å². The molecule has 1 amide bonds. The molecule has 3 rings (SSSR count). The van der Waals surface area contributed by atoms with E-state index in [1.165, 1.54) is 6.26 Å². The van der Waals surface area contributed by atoms with Crippen LogP contribution in [0, 0.1) is 26.7 Å². The van der Waals surface area contributed by atoms with Gasteiger partial charge in [-0.3, -0.25) is 9.59 Å². The lowest BCUT2D eigenvalue weighted by atomic mass is 9.96. The van der Waals surface area contributed by atoms with Gasteiger partial charge < -0.3 is 14.1 Å². The van der Waals surface area contributed by atoms with Gasteiger partial charge in [-0.2, -0.15) is 0 Å². The number of benzene rings is 1. The van der Waals surface area contributed by atoms with E-state index in [2.05, 4.69) is 0 Å². The summed E-state index contributed by atoms with van der Waals surface area (Å²) in [5.41, 5.74) is 3.06. The summed E-state index contributed by atoms with van der Waals surface area (Å²) in [7, 11) is 0. The number of carbonyl (C=O) groups excluding carboxylic acids is 2. The second kappa shape index (κ2) is 7.13. The number of aryl methyl sites for hydroxylation is 2. The standard InChI is InChI=1S/C20H23NO4/c1-13-6-7-14(2)18(15(13)3)25-20(23)16-8-10-21(11-9-16)19(22)17-5-4-12-24-17/h4-7,12,16H,8-11H2,1-3H3. The van der Waals surface area contributed by atoms with Crippen molar-refractivity contribution in [2.75, 3.05) is 13.1 Å². The number of furan rings is 1. The molecule has 2 aromatic rings. The third-order valence-corrected chi connectivity index (χ3v) is 4.92. The van der Waals surface area contributed by atoms with Crippen LogP contribution in [0.15, 0.2) is 34.9 Å². The summed E-state index contributed by atoms with van der Waals surface area (Å²) < 4.78 is 10.9. The van der Waals surface area contributed by atoms with Gasteiger partial charge in [0.1, 0.15) is 5.75 Å². The summed E-state index contributed by atoms with van der Waals surface area (Å²) >= 11 is 0. The van der Waals surface area contributed by atoms with Gasteiger partial charge in [-0.05, 0) is 62.4 Å². The number of amides is 1. The summed E-state index contributed by atoms with van der Waals surface area (Å²) in [5, 5.41) is 0. The number of ether oxygens (including phenoxy) is 1. The molecule has 5 heteroatoms. The first-order valence-corrected chi connectivity index (χ1v) is 8.58. The average molecular weight is 341 g/mol. The van der Waals surface area contributed by atoms with Gasteiger partial charge in [-0.25, -0.2) is 0 Å². The minimum atomic E-state index is -0.207. The molecule has 0 unspecified atom stereocenters. The number of hydrogen-bond acceptors (Lipinski definition) is 4. The molecule has 0 spiro atoms. The van der Waals surface area contributed by atoms with Gasteiger partial charge in [0, 0.05) is 13.1 Å². The van der Waals surface area contributed by atoms with Crippen molar-refractivity contribution < 1.29 is 18.7 Å². The topological polar surface area (TPSA) is 59.8 Å². The molecule has 1 saturated heterocycles. The second-order valence-corrected chi connectivity index (χ2v) is 6.62. The zero-order chi connectivity index (χ0) is 18.0. The molecule has 0 bridgehead atoms. The normalized spacial score (nSPS) is 15.2. The van der Waals surface area contributed by atoms with Crippen molar-refractivity contribution >= 4 is 11.9 Å². The molecular formula is C20H23NO4. The quantitative estimate of drug-likeness (QED) is 0.631. The number of hydrogen-bond donors (Lipinski definition) is 0. The number of esters is 1. The van der Waals surface area contributed by atoms with Gasteiger partial charge in [0.2, 0.25) is 0 Å². The zero-order valence-electron chi connectivity index (χ0n) is 14.9. The number of nitrogens with zero attached hydrogens (tertiary/aromatic N) is 1. The molecule has 5 nitrogen and oxygen atoms in total. The van der Waals surface area contributed by atoms with Crippen molar-refractivity contribution in [1.82, 2.24) is 4.90 Å². The third kappa shape index (κ3) is 3.60. The highest BCUT2D eigenvalue weighted by Gasteiger charge is 2.30. The summed E-state index contributed by atoms with van der Waals surface area (Å²) in [5.74, 6) is 0.496. The molecule has 1 fully saturated rings. The predicted molar refractivity (Wildman–Crippen MR) is 93.6 cm³/mol. The van der Waals surface area contributed by atoms with E-state index in [-0.39, 0.29) is 17.8 Å². The molecule has 132 valence electrons. The number of rotatable bonds is 3. The molecule has 0 atom stereocenters. The van der Waals surface area contributed by atoms with Crippen LogP contribution in [-0.4, -0.2) is 29.9 Å². The van der Waals surface area contributed by atoms with Crippen molar-refractivity contribution in [2.24, 2.45) is 5.92 Å². The maximum atomic E-state index is 12.5. The van der Waals surface area contributed by atoms with Crippen LogP contribution in [0.25, 0.3) is 0 Å². The highest BCUT2D eigenvalue weighted by atomic mass is 16.5. The Morgan fingerprint density at radius 3 is 2.40 bits per heavy atom. The van der Waals surface area contributed by atoms with E-state index < -0.39 is 0 Å². The average Bonchev–Trinajstić information content (AvgIpc) is 3.16. The fourth-order valence-electron chi connectivity index (χ4n) is 3.14. The SMILES string of the molecule is Cc1ccc(C)c(OC(=O)C2CCN(C(=O)c3ccco3)CC2)c1C. The van der Waals surface area contributed by atoms with Gasteiger partial charge in [0.15, 0.2) is 5.76 Å². The first-order chi connectivity index (χ1) is 12.0. The monoisotopic (exact) mass is 341 g/mol. The highest BCUT2D eigenvalue weighted by molar-refractivity contribution is 5.91. The van der Waals surface area contributed by atoms with Crippen LogP contribution in [-0.2, 0) is 4.79 Å². The fraction of sp³-hybridized carbons (Fsp3) is 0.400. The molecule has 1 aliphatic rings. The van der Waals surface area contributed by atoms with E-state index in [0.717, 1.165) is 16.7 Å². The summed E-state index contributed by atoms with van der Waals surface area (Å²) in [6, 6.07) is 7.35. The molecule has 0 N–H and O–H groups in total. The molecule has 1 aliphatic heterocycles. The Labute approximate surface area is 147 Å². The van der Waals surface area contributed by atoms with E-state index in [0.29, 0.717) is 37.4 Å². The Kier molecular flexibility index (Phi) is 4.93. The highest BCUT2D eigenvalue weighted by Crippen LogP contribution is 2.28. The van der Waals surface area contributed by atoms with E-state index in [1.54, 1.807) is 17.0 Å². The number of carbonyl (C=O) groups is 2. The first-order valence-electron chi connectivity index (χ1n) is 8.58. The second-order valence-electron chi connectivity index (χ2n) is 6.62. The fourth-order valence-corrected chi connectivity index (χ4v) is 3.14. The summed E-state index contributed by atoms with van der Waals surface area (Å²) in [6.45, 7) is 6.98. The first kappa shape index (κ1) is 17.3. The van der Waals surface area contributed by atoms with Crippen molar-refractivity contribution in [3.63, 3.8) is 0 Å². The van der Waals surface area contributed by atoms with Crippen LogP contribution in [0.3, 0.4) is 0 Å². The molecule has 2 heterocycles. The predicted octanol–water partition coefficient (Wildman–Crippen LogP) is 3.66. The van der Waals surface area contributed by atoms with Gasteiger partial charge in [0.05, 0.1) is 12.2 Å². The zero-order valence-corrected chi connectivity index (χ0v) is 14.9. The van der Waals surface area contributed by atoms with Crippen LogP contribution in [0.4, 0.5) is 0 Å². The minimum absolute atomic E-state index is 0.123. The van der Waals surface area contributed by atoms with Crippen molar-refractivity contribution in [1.29, 1.82) is 0 Å². The Morgan fingerprint density at radius 2 is 1.76 bits per heavy atom.